The number of morpholine rings is 1. The van der Waals surface area contributed by atoms with Gasteiger partial charge in [-0.3, -0.25) is 9.59 Å². The first kappa shape index (κ1) is 18.6. The molecule has 0 bridgehead atoms. The van der Waals surface area contributed by atoms with Crippen molar-refractivity contribution in [1.29, 1.82) is 0 Å². The van der Waals surface area contributed by atoms with Crippen LogP contribution in [0.5, 0.6) is 0 Å². The Hall–Kier alpha value is -2.71. The van der Waals surface area contributed by atoms with E-state index in [1.807, 2.05) is 48.0 Å². The Labute approximate surface area is 166 Å². The van der Waals surface area contributed by atoms with Gasteiger partial charge in [-0.15, -0.1) is 11.3 Å². The van der Waals surface area contributed by atoms with Crippen LogP contribution in [-0.4, -0.2) is 58.8 Å². The number of nitrogens with zero attached hydrogens (tertiary/aromatic N) is 3. The van der Waals surface area contributed by atoms with Crippen molar-refractivity contribution in [2.24, 2.45) is 0 Å². The van der Waals surface area contributed by atoms with Crippen molar-refractivity contribution in [3.8, 4) is 5.69 Å². The second-order valence-corrected chi connectivity index (χ2v) is 7.83. The average molecular weight is 398 g/mol. The standard InChI is InChI=1S/C20H22N4O3S/c1-13-16-12-17(28-20(16)24(22-13)15-6-4-3-5-7-15)18(25)21-14(2)19(26)23-8-10-27-11-9-23/h3-7,12,14H,8-11H2,1-2H3,(H,21,25). The molecule has 1 aliphatic heterocycles. The summed E-state index contributed by atoms with van der Waals surface area (Å²) < 4.78 is 7.13. The lowest BCUT2D eigenvalue weighted by molar-refractivity contribution is -0.136. The van der Waals surface area contributed by atoms with Gasteiger partial charge in [0.25, 0.3) is 5.91 Å². The van der Waals surface area contributed by atoms with Gasteiger partial charge in [-0.1, -0.05) is 18.2 Å². The van der Waals surface area contributed by atoms with Crippen molar-refractivity contribution in [3.63, 3.8) is 0 Å². The molecule has 3 aromatic rings. The molecule has 8 heteroatoms. The number of hydrogen-bond acceptors (Lipinski definition) is 5. The zero-order valence-corrected chi connectivity index (χ0v) is 16.7. The number of aromatic nitrogens is 2. The van der Waals surface area contributed by atoms with Gasteiger partial charge >= 0.3 is 0 Å². The lowest BCUT2D eigenvalue weighted by Gasteiger charge is -2.29. The highest BCUT2D eigenvalue weighted by Crippen LogP contribution is 2.30. The molecule has 1 fully saturated rings. The normalized spacial score (nSPS) is 15.6. The van der Waals surface area contributed by atoms with Gasteiger partial charge in [0.2, 0.25) is 5.91 Å². The Balaban J connectivity index is 1.54. The molecule has 1 aliphatic rings. The second-order valence-electron chi connectivity index (χ2n) is 6.80. The van der Waals surface area contributed by atoms with Gasteiger partial charge in [-0.2, -0.15) is 5.10 Å². The summed E-state index contributed by atoms with van der Waals surface area (Å²) in [6.45, 7) is 5.86. The van der Waals surface area contributed by atoms with E-state index in [1.165, 1.54) is 11.3 Å². The molecule has 1 N–H and O–H groups in total. The Kier molecular flexibility index (Phi) is 5.15. The third kappa shape index (κ3) is 3.53. The zero-order valence-electron chi connectivity index (χ0n) is 15.8. The summed E-state index contributed by atoms with van der Waals surface area (Å²) >= 11 is 1.38. The van der Waals surface area contributed by atoms with Gasteiger partial charge in [0.05, 0.1) is 29.5 Å². The SMILES string of the molecule is Cc1nn(-c2ccccc2)c2sc(C(=O)NC(C)C(=O)N3CCOCC3)cc12. The molecule has 3 heterocycles. The monoisotopic (exact) mass is 398 g/mol. The van der Waals surface area contributed by atoms with E-state index >= 15 is 0 Å². The van der Waals surface area contributed by atoms with Crippen molar-refractivity contribution >= 4 is 33.4 Å². The molecule has 7 nitrogen and oxygen atoms in total. The van der Waals surface area contributed by atoms with Crippen molar-refractivity contribution in [1.82, 2.24) is 20.0 Å². The summed E-state index contributed by atoms with van der Waals surface area (Å²) in [5.74, 6) is -0.321. The Bertz CT molecular complexity index is 1010. The van der Waals surface area contributed by atoms with E-state index < -0.39 is 6.04 Å². The lowest BCUT2D eigenvalue weighted by atomic mass is 10.2. The average Bonchev–Trinajstić information content (AvgIpc) is 3.29. The maximum absolute atomic E-state index is 12.7. The molecule has 1 unspecified atom stereocenters. The molecule has 0 radical (unpaired) electrons. The molecule has 2 aromatic heterocycles. The molecule has 4 rings (SSSR count). The number of carbonyl (C=O) groups excluding carboxylic acids is 2. The minimum Gasteiger partial charge on any atom is -0.378 e. The maximum atomic E-state index is 12.7. The van der Waals surface area contributed by atoms with Gasteiger partial charge in [-0.25, -0.2) is 4.68 Å². The van der Waals surface area contributed by atoms with Crippen molar-refractivity contribution in [3.05, 3.63) is 47.0 Å². The number of benzene rings is 1. The largest absolute Gasteiger partial charge is 0.378 e. The van der Waals surface area contributed by atoms with Crippen LogP contribution in [0, 0.1) is 6.92 Å². The molecule has 0 spiro atoms. The number of rotatable bonds is 4. The van der Waals surface area contributed by atoms with Crippen LogP contribution < -0.4 is 5.32 Å². The van der Waals surface area contributed by atoms with Crippen molar-refractivity contribution in [2.75, 3.05) is 26.3 Å². The molecule has 0 aliphatic carbocycles. The van der Waals surface area contributed by atoms with Crippen LogP contribution in [0.25, 0.3) is 15.9 Å². The predicted octanol–water partition coefficient (Wildman–Crippen LogP) is 2.37. The summed E-state index contributed by atoms with van der Waals surface area (Å²) in [5, 5.41) is 8.38. The predicted molar refractivity (Wildman–Crippen MR) is 108 cm³/mol. The minimum atomic E-state index is -0.581. The van der Waals surface area contributed by atoms with E-state index in [1.54, 1.807) is 11.8 Å². The molecule has 28 heavy (non-hydrogen) atoms. The Morgan fingerprint density at radius 3 is 2.64 bits per heavy atom. The fourth-order valence-corrected chi connectivity index (χ4v) is 4.38. The second kappa shape index (κ2) is 7.73. The van der Waals surface area contributed by atoms with Crippen LogP contribution in [0.3, 0.4) is 0 Å². The van der Waals surface area contributed by atoms with Gasteiger partial charge in [0.1, 0.15) is 10.9 Å². The molecule has 146 valence electrons. The van der Waals surface area contributed by atoms with Crippen LogP contribution >= 0.6 is 11.3 Å². The van der Waals surface area contributed by atoms with E-state index in [0.29, 0.717) is 31.2 Å². The van der Waals surface area contributed by atoms with E-state index in [2.05, 4.69) is 10.4 Å². The number of nitrogens with one attached hydrogen (secondary N) is 1. The summed E-state index contributed by atoms with van der Waals surface area (Å²) in [6.07, 6.45) is 0. The van der Waals surface area contributed by atoms with E-state index in [9.17, 15) is 9.59 Å². The molecule has 0 saturated carbocycles. The lowest BCUT2D eigenvalue weighted by Crippen LogP contribution is -2.50. The third-order valence-electron chi connectivity index (χ3n) is 4.81. The van der Waals surface area contributed by atoms with Crippen LogP contribution in [-0.2, 0) is 9.53 Å². The van der Waals surface area contributed by atoms with Gasteiger partial charge in [-0.05, 0) is 32.0 Å². The number of carbonyl (C=O) groups is 2. The molecule has 1 aromatic carbocycles. The molecule has 1 saturated heterocycles. The van der Waals surface area contributed by atoms with Crippen molar-refractivity contribution in [2.45, 2.75) is 19.9 Å². The summed E-state index contributed by atoms with van der Waals surface area (Å²) in [5.41, 5.74) is 1.82. The number of hydrogen-bond donors (Lipinski definition) is 1. The molecular weight excluding hydrogens is 376 g/mol. The smallest absolute Gasteiger partial charge is 0.262 e. The number of amides is 2. The molecule has 2 amide bonds. The number of aryl methyl sites for hydroxylation is 1. The van der Waals surface area contributed by atoms with Crippen LogP contribution in [0.1, 0.15) is 22.3 Å². The van der Waals surface area contributed by atoms with Crippen LogP contribution in [0.15, 0.2) is 36.4 Å². The first-order valence-corrected chi connectivity index (χ1v) is 10.1. The van der Waals surface area contributed by atoms with Gasteiger partial charge in [0, 0.05) is 18.5 Å². The van der Waals surface area contributed by atoms with Gasteiger partial charge in [0.15, 0.2) is 0 Å². The van der Waals surface area contributed by atoms with Crippen LogP contribution in [0.2, 0.25) is 0 Å². The first-order chi connectivity index (χ1) is 13.5. The van der Waals surface area contributed by atoms with E-state index in [-0.39, 0.29) is 11.8 Å². The number of thiophene rings is 1. The van der Waals surface area contributed by atoms with E-state index in [4.69, 9.17) is 4.74 Å². The zero-order chi connectivity index (χ0) is 19.7. The quantitative estimate of drug-likeness (QED) is 0.732. The summed E-state index contributed by atoms with van der Waals surface area (Å²) in [7, 11) is 0. The first-order valence-electron chi connectivity index (χ1n) is 9.26. The Morgan fingerprint density at radius 2 is 1.93 bits per heavy atom. The molecule has 1 atom stereocenters. The topological polar surface area (TPSA) is 76.5 Å². The van der Waals surface area contributed by atoms with Crippen LogP contribution in [0.4, 0.5) is 0 Å². The maximum Gasteiger partial charge on any atom is 0.262 e. The molecular formula is C20H22N4O3S. The summed E-state index contributed by atoms with van der Waals surface area (Å²) in [6, 6.07) is 11.1. The fourth-order valence-electron chi connectivity index (χ4n) is 3.29. The Morgan fingerprint density at radius 1 is 1.21 bits per heavy atom. The van der Waals surface area contributed by atoms with Crippen molar-refractivity contribution < 1.29 is 14.3 Å². The highest BCUT2D eigenvalue weighted by atomic mass is 32.1. The highest BCUT2D eigenvalue weighted by molar-refractivity contribution is 7.20. The number of fused-ring (bicyclic) bond motifs is 1. The summed E-state index contributed by atoms with van der Waals surface area (Å²) in [4.78, 5) is 28.5. The number of ether oxygens (including phenoxy) is 1. The highest BCUT2D eigenvalue weighted by Gasteiger charge is 2.25. The minimum absolute atomic E-state index is 0.0793. The van der Waals surface area contributed by atoms with E-state index in [0.717, 1.165) is 21.6 Å². The third-order valence-corrected chi connectivity index (χ3v) is 5.92. The fraction of sp³-hybridized carbons (Fsp3) is 0.350. The number of para-hydroxylation sites is 1. The van der Waals surface area contributed by atoms with Gasteiger partial charge < -0.3 is 15.0 Å².